The number of hydrogen-bond acceptors (Lipinski definition) is 6. The van der Waals surface area contributed by atoms with Gasteiger partial charge in [-0.2, -0.15) is 0 Å². The normalized spacial score (nSPS) is 21.1. The lowest BCUT2D eigenvalue weighted by Crippen LogP contribution is -2.62. The minimum Gasteiger partial charge on any atom is -0.374 e. The van der Waals surface area contributed by atoms with Gasteiger partial charge in [-0.15, -0.1) is 6.42 Å². The minimum atomic E-state index is -0.896. The van der Waals surface area contributed by atoms with Gasteiger partial charge in [0.1, 0.15) is 30.5 Å². The average molecular weight is 655 g/mol. The number of ether oxygens (including phenoxy) is 6. The summed E-state index contributed by atoms with van der Waals surface area (Å²) in [6.45, 7) is 1.65. The van der Waals surface area contributed by atoms with E-state index in [2.05, 4.69) is 5.92 Å². The van der Waals surface area contributed by atoms with Crippen LogP contribution >= 0.6 is 0 Å². The summed E-state index contributed by atoms with van der Waals surface area (Å²) >= 11 is 0. The number of terminal acetylenes is 1. The SMILES string of the molecule is C#C[C@H](O[C@H]1O[C@H](COCc2ccccc2)[C@@H](OCc2ccccc2)[C@H](OCc2ccccc2)[C@H]1OCc1ccccc1)c1ccccc1. The van der Waals surface area contributed by atoms with Crippen LogP contribution in [0.5, 0.6) is 0 Å². The Bertz CT molecular complexity index is 1680. The van der Waals surface area contributed by atoms with Crippen molar-refractivity contribution in [1.82, 2.24) is 0 Å². The van der Waals surface area contributed by atoms with Crippen molar-refractivity contribution in [3.05, 3.63) is 179 Å². The molecule has 6 heteroatoms. The van der Waals surface area contributed by atoms with E-state index in [-0.39, 0.29) is 6.61 Å². The lowest BCUT2D eigenvalue weighted by molar-refractivity contribution is -0.333. The van der Waals surface area contributed by atoms with Crippen LogP contribution in [0.15, 0.2) is 152 Å². The molecule has 6 atom stereocenters. The van der Waals surface area contributed by atoms with Crippen LogP contribution in [0, 0.1) is 12.3 Å². The van der Waals surface area contributed by atoms with Crippen molar-refractivity contribution < 1.29 is 28.4 Å². The van der Waals surface area contributed by atoms with E-state index in [0.717, 1.165) is 27.8 Å². The van der Waals surface area contributed by atoms with Crippen molar-refractivity contribution in [2.45, 2.75) is 63.2 Å². The maximum Gasteiger partial charge on any atom is 0.188 e. The molecule has 1 saturated heterocycles. The monoisotopic (exact) mass is 654 g/mol. The summed E-state index contributed by atoms with van der Waals surface area (Å²) < 4.78 is 39.9. The molecule has 0 N–H and O–H groups in total. The highest BCUT2D eigenvalue weighted by atomic mass is 16.7. The third kappa shape index (κ3) is 9.97. The van der Waals surface area contributed by atoms with Crippen LogP contribution in [0.1, 0.15) is 33.9 Å². The molecule has 0 amide bonds. The molecule has 6 nitrogen and oxygen atoms in total. The highest BCUT2D eigenvalue weighted by Gasteiger charge is 2.49. The zero-order valence-corrected chi connectivity index (χ0v) is 27.5. The van der Waals surface area contributed by atoms with Crippen LogP contribution < -0.4 is 0 Å². The topological polar surface area (TPSA) is 55.4 Å². The van der Waals surface area contributed by atoms with Crippen LogP contribution in [0.25, 0.3) is 0 Å². The van der Waals surface area contributed by atoms with Crippen molar-refractivity contribution in [3.63, 3.8) is 0 Å². The van der Waals surface area contributed by atoms with E-state index in [0.29, 0.717) is 26.4 Å². The van der Waals surface area contributed by atoms with Crippen LogP contribution in [0.2, 0.25) is 0 Å². The van der Waals surface area contributed by atoms with Crippen molar-refractivity contribution in [2.24, 2.45) is 0 Å². The first-order chi connectivity index (χ1) is 24.3. The molecule has 6 rings (SSSR count). The van der Waals surface area contributed by atoms with Gasteiger partial charge in [0, 0.05) is 0 Å². The zero-order chi connectivity index (χ0) is 33.5. The van der Waals surface area contributed by atoms with Crippen molar-refractivity contribution in [2.75, 3.05) is 6.61 Å². The first-order valence-corrected chi connectivity index (χ1v) is 16.7. The van der Waals surface area contributed by atoms with Gasteiger partial charge >= 0.3 is 0 Å². The van der Waals surface area contributed by atoms with Gasteiger partial charge in [-0.25, -0.2) is 0 Å². The van der Waals surface area contributed by atoms with Gasteiger partial charge in [-0.1, -0.05) is 158 Å². The second-order valence-electron chi connectivity index (χ2n) is 11.9. The second kappa shape index (κ2) is 18.3. The predicted octanol–water partition coefficient (Wildman–Crippen LogP) is 8.08. The summed E-state index contributed by atoms with van der Waals surface area (Å²) in [5.74, 6) is 2.81. The molecule has 5 aromatic carbocycles. The average Bonchev–Trinajstić information content (AvgIpc) is 3.17. The Morgan fingerprint density at radius 1 is 0.510 bits per heavy atom. The third-order valence-electron chi connectivity index (χ3n) is 8.36. The Kier molecular flexibility index (Phi) is 12.8. The summed E-state index contributed by atoms with van der Waals surface area (Å²) in [6, 6.07) is 49.9. The molecule has 1 fully saturated rings. The molecule has 0 bridgehead atoms. The molecule has 1 heterocycles. The van der Waals surface area contributed by atoms with Gasteiger partial charge < -0.3 is 28.4 Å². The molecule has 5 aromatic rings. The molecule has 0 spiro atoms. The lowest BCUT2D eigenvalue weighted by Gasteiger charge is -2.46. The van der Waals surface area contributed by atoms with Crippen LogP contribution in [0.4, 0.5) is 0 Å². The number of rotatable bonds is 16. The van der Waals surface area contributed by atoms with Gasteiger partial charge in [0.05, 0.1) is 33.0 Å². The summed E-state index contributed by atoms with van der Waals surface area (Å²) in [6.07, 6.45) is 2.05. The fourth-order valence-electron chi connectivity index (χ4n) is 5.83. The molecule has 0 saturated carbocycles. The predicted molar refractivity (Wildman–Crippen MR) is 189 cm³/mol. The van der Waals surface area contributed by atoms with Crippen molar-refractivity contribution in [3.8, 4) is 12.3 Å². The number of benzene rings is 5. The maximum absolute atomic E-state index is 6.80. The smallest absolute Gasteiger partial charge is 0.188 e. The van der Waals surface area contributed by atoms with E-state index in [4.69, 9.17) is 34.8 Å². The quantitative estimate of drug-likeness (QED) is 0.100. The Morgan fingerprint density at radius 2 is 0.918 bits per heavy atom. The Labute approximate surface area is 289 Å². The van der Waals surface area contributed by atoms with Crippen LogP contribution in [-0.2, 0) is 54.8 Å². The first kappa shape index (κ1) is 34.3. The van der Waals surface area contributed by atoms with Crippen molar-refractivity contribution in [1.29, 1.82) is 0 Å². The van der Waals surface area contributed by atoms with E-state index in [9.17, 15) is 0 Å². The highest BCUT2D eigenvalue weighted by molar-refractivity contribution is 5.24. The van der Waals surface area contributed by atoms with Gasteiger partial charge in [0.2, 0.25) is 0 Å². The molecule has 1 aliphatic heterocycles. The van der Waals surface area contributed by atoms with E-state index in [1.807, 2.05) is 152 Å². The molecule has 0 aromatic heterocycles. The van der Waals surface area contributed by atoms with E-state index in [1.54, 1.807) is 0 Å². The highest BCUT2D eigenvalue weighted by Crippen LogP contribution is 2.34. The van der Waals surface area contributed by atoms with Gasteiger partial charge in [-0.3, -0.25) is 0 Å². The largest absolute Gasteiger partial charge is 0.374 e. The first-order valence-electron chi connectivity index (χ1n) is 16.7. The van der Waals surface area contributed by atoms with Crippen LogP contribution in [-0.4, -0.2) is 37.3 Å². The molecule has 49 heavy (non-hydrogen) atoms. The van der Waals surface area contributed by atoms with E-state index >= 15 is 0 Å². The molecule has 250 valence electrons. The lowest BCUT2D eigenvalue weighted by atomic mass is 9.97. The summed E-state index contributed by atoms with van der Waals surface area (Å²) in [7, 11) is 0. The zero-order valence-electron chi connectivity index (χ0n) is 27.5. The van der Waals surface area contributed by atoms with E-state index in [1.165, 1.54) is 0 Å². The molecule has 0 aliphatic carbocycles. The summed E-state index contributed by atoms with van der Waals surface area (Å²) in [5.41, 5.74) is 4.97. The Morgan fingerprint density at radius 3 is 1.39 bits per heavy atom. The maximum atomic E-state index is 6.80. The summed E-state index contributed by atoms with van der Waals surface area (Å²) in [4.78, 5) is 0. The third-order valence-corrected chi connectivity index (χ3v) is 8.36. The fraction of sp³-hybridized carbons (Fsp3) is 0.256. The molecule has 0 unspecified atom stereocenters. The molecule has 1 aliphatic rings. The Hall–Kier alpha value is -4.58. The standard InChI is InChI=1S/C43H42O6/c1-2-38(37-26-16-7-17-27-37)48-43-42(47-31-36-24-14-6-15-25-36)41(46-30-35-22-12-5-13-23-35)40(45-29-34-20-10-4-11-21-34)39(49-43)32-44-28-33-18-8-3-9-19-33/h1,3-27,38-43H,28-32H2/t38-,39+,40+,41-,42+,43-/m0/s1. The fourth-order valence-corrected chi connectivity index (χ4v) is 5.83. The van der Waals surface area contributed by atoms with Crippen LogP contribution in [0.3, 0.4) is 0 Å². The minimum absolute atomic E-state index is 0.233. The molecular formula is C43H42O6. The van der Waals surface area contributed by atoms with E-state index < -0.39 is 36.8 Å². The molecular weight excluding hydrogens is 612 g/mol. The van der Waals surface area contributed by atoms with Crippen molar-refractivity contribution >= 4 is 0 Å². The Balaban J connectivity index is 1.33. The van der Waals surface area contributed by atoms with Gasteiger partial charge in [-0.05, 0) is 27.8 Å². The molecule has 0 radical (unpaired) electrons. The summed E-state index contributed by atoms with van der Waals surface area (Å²) in [5, 5.41) is 0. The van der Waals surface area contributed by atoms with Gasteiger partial charge in [0.15, 0.2) is 6.29 Å². The number of hydrogen-bond donors (Lipinski definition) is 0. The van der Waals surface area contributed by atoms with Gasteiger partial charge in [0.25, 0.3) is 0 Å². The second-order valence-corrected chi connectivity index (χ2v) is 11.9.